The molecule has 9 heteroatoms. The van der Waals surface area contributed by atoms with Crippen molar-refractivity contribution < 1.29 is 22.2 Å². The van der Waals surface area contributed by atoms with E-state index in [1.165, 1.54) is 7.05 Å². The SMILES string of the molecule is CCOC(=O)[C@H](NS(=O)(=O)C(C)(C)C)[C@H]1CCCC/C1=C\S(=O)(=NC)c1ccccc1. The van der Waals surface area contributed by atoms with Gasteiger partial charge in [-0.25, -0.2) is 17.0 Å². The predicted octanol–water partition coefficient (Wildman–Crippen LogP) is 3.87. The summed E-state index contributed by atoms with van der Waals surface area (Å²) in [5.41, 5.74) is 0.778. The first-order valence-electron chi connectivity index (χ1n) is 10.5. The van der Waals surface area contributed by atoms with Crippen molar-refractivity contribution in [2.24, 2.45) is 10.3 Å². The molecule has 0 bridgehead atoms. The highest BCUT2D eigenvalue weighted by Gasteiger charge is 2.40. The van der Waals surface area contributed by atoms with Gasteiger partial charge in [-0.2, -0.15) is 4.72 Å². The number of hydrogen-bond donors (Lipinski definition) is 1. The third kappa shape index (κ3) is 6.17. The number of benzene rings is 1. The minimum absolute atomic E-state index is 0.142. The summed E-state index contributed by atoms with van der Waals surface area (Å²) in [4.78, 5) is 13.4. The minimum atomic E-state index is -3.81. The summed E-state index contributed by atoms with van der Waals surface area (Å²) in [7, 11) is -5.15. The van der Waals surface area contributed by atoms with Gasteiger partial charge < -0.3 is 4.74 Å². The topological polar surface area (TPSA) is 102 Å². The molecule has 0 saturated heterocycles. The monoisotopic (exact) mass is 470 g/mol. The van der Waals surface area contributed by atoms with Crippen molar-refractivity contribution in [3.8, 4) is 0 Å². The zero-order chi connectivity index (χ0) is 23.3. The third-order valence-electron chi connectivity index (χ3n) is 5.40. The predicted molar refractivity (Wildman–Crippen MR) is 123 cm³/mol. The Balaban J connectivity index is 2.54. The largest absolute Gasteiger partial charge is 0.465 e. The van der Waals surface area contributed by atoms with Crippen molar-refractivity contribution in [2.75, 3.05) is 13.7 Å². The van der Waals surface area contributed by atoms with Crippen LogP contribution in [-0.4, -0.2) is 43.0 Å². The summed E-state index contributed by atoms with van der Waals surface area (Å²) in [5, 5.41) is 1.64. The zero-order valence-corrected chi connectivity index (χ0v) is 20.6. The fourth-order valence-electron chi connectivity index (χ4n) is 3.51. The molecule has 1 aromatic rings. The van der Waals surface area contributed by atoms with Crippen LogP contribution in [0.1, 0.15) is 53.4 Å². The molecule has 1 aliphatic carbocycles. The van der Waals surface area contributed by atoms with Crippen molar-refractivity contribution >= 4 is 25.7 Å². The number of hydrogen-bond acceptors (Lipinski definition) is 6. The number of carbonyl (C=O) groups excluding carboxylic acids is 1. The lowest BCUT2D eigenvalue weighted by molar-refractivity contribution is -0.146. The molecule has 0 aromatic heterocycles. The van der Waals surface area contributed by atoms with Crippen LogP contribution in [0.2, 0.25) is 0 Å². The molecular weight excluding hydrogens is 436 g/mol. The van der Waals surface area contributed by atoms with Crippen LogP contribution in [0.25, 0.3) is 0 Å². The van der Waals surface area contributed by atoms with Crippen molar-refractivity contribution in [1.29, 1.82) is 0 Å². The van der Waals surface area contributed by atoms with Crippen LogP contribution in [-0.2, 0) is 29.3 Å². The molecule has 0 amide bonds. The molecule has 1 N–H and O–H groups in total. The van der Waals surface area contributed by atoms with E-state index in [0.717, 1.165) is 18.4 Å². The van der Waals surface area contributed by atoms with Gasteiger partial charge in [-0.3, -0.25) is 4.79 Å². The molecule has 31 heavy (non-hydrogen) atoms. The van der Waals surface area contributed by atoms with E-state index >= 15 is 0 Å². The summed E-state index contributed by atoms with van der Waals surface area (Å²) >= 11 is 0. The molecule has 1 saturated carbocycles. The Morgan fingerprint density at radius 3 is 2.42 bits per heavy atom. The summed E-state index contributed by atoms with van der Waals surface area (Å²) in [6.45, 7) is 6.56. The number of ether oxygens (including phenoxy) is 1. The number of nitrogens with zero attached hydrogens (tertiary/aromatic N) is 1. The van der Waals surface area contributed by atoms with Gasteiger partial charge in [0.25, 0.3) is 0 Å². The van der Waals surface area contributed by atoms with Gasteiger partial charge >= 0.3 is 5.97 Å². The molecular formula is C22H34N2O5S2. The van der Waals surface area contributed by atoms with Gasteiger partial charge in [-0.05, 0) is 59.1 Å². The molecule has 2 rings (SSSR count). The first-order valence-corrected chi connectivity index (χ1v) is 13.6. The fourth-order valence-corrected chi connectivity index (χ4v) is 6.16. The highest BCUT2D eigenvalue weighted by molar-refractivity contribution is 7.96. The Bertz CT molecular complexity index is 1020. The zero-order valence-electron chi connectivity index (χ0n) is 19.0. The summed E-state index contributed by atoms with van der Waals surface area (Å²) < 4.78 is 50.3. The Kier molecular flexibility index (Phi) is 8.47. The van der Waals surface area contributed by atoms with E-state index in [9.17, 15) is 17.4 Å². The lowest BCUT2D eigenvalue weighted by atomic mass is 9.80. The van der Waals surface area contributed by atoms with Gasteiger partial charge in [0.2, 0.25) is 10.0 Å². The summed E-state index contributed by atoms with van der Waals surface area (Å²) in [6, 6.07) is 7.89. The first-order chi connectivity index (χ1) is 14.4. The number of sulfonamides is 1. The average molecular weight is 471 g/mol. The number of rotatable bonds is 7. The number of carbonyl (C=O) groups is 1. The summed E-state index contributed by atoms with van der Waals surface area (Å²) in [6.07, 6.45) is 2.93. The van der Waals surface area contributed by atoms with Crippen LogP contribution in [0.5, 0.6) is 0 Å². The molecule has 1 aromatic carbocycles. The van der Waals surface area contributed by atoms with E-state index in [-0.39, 0.29) is 6.61 Å². The van der Waals surface area contributed by atoms with Crippen LogP contribution in [0.4, 0.5) is 0 Å². The fraction of sp³-hybridized carbons (Fsp3) is 0.591. The van der Waals surface area contributed by atoms with E-state index in [0.29, 0.717) is 17.7 Å². The Hall–Kier alpha value is -1.71. The molecule has 0 spiro atoms. The van der Waals surface area contributed by atoms with Crippen LogP contribution < -0.4 is 4.72 Å². The molecule has 1 unspecified atom stereocenters. The van der Waals surface area contributed by atoms with Crippen molar-refractivity contribution in [2.45, 2.75) is 69.1 Å². The molecule has 7 nitrogen and oxygen atoms in total. The van der Waals surface area contributed by atoms with Crippen LogP contribution in [0, 0.1) is 5.92 Å². The third-order valence-corrected chi connectivity index (χ3v) is 9.69. The van der Waals surface area contributed by atoms with E-state index in [2.05, 4.69) is 9.08 Å². The van der Waals surface area contributed by atoms with Crippen LogP contribution in [0.15, 0.2) is 50.6 Å². The highest BCUT2D eigenvalue weighted by Crippen LogP contribution is 2.35. The molecule has 1 aliphatic rings. The standard InChI is InChI=1S/C22H34N2O5S2/c1-6-29-21(25)20(24-31(27,28)22(2,3)4)19-15-11-10-12-17(19)16-30(26,23-5)18-13-8-7-9-14-18/h7-9,13-14,16,19-20,24H,6,10-12,15H2,1-5H3/b17-16+/t19-,20+,30?/m0/s1. The van der Waals surface area contributed by atoms with E-state index < -0.39 is 42.4 Å². The second-order valence-electron chi connectivity index (χ2n) is 8.57. The second-order valence-corrected chi connectivity index (χ2v) is 13.2. The maximum absolute atomic E-state index is 13.6. The van der Waals surface area contributed by atoms with Gasteiger partial charge in [0, 0.05) is 18.4 Å². The van der Waals surface area contributed by atoms with Crippen molar-refractivity contribution in [1.82, 2.24) is 4.72 Å². The van der Waals surface area contributed by atoms with Gasteiger partial charge in [0.15, 0.2) is 0 Å². The van der Waals surface area contributed by atoms with Crippen molar-refractivity contribution in [3.05, 3.63) is 41.3 Å². The van der Waals surface area contributed by atoms with Crippen LogP contribution >= 0.6 is 0 Å². The maximum Gasteiger partial charge on any atom is 0.324 e. The van der Waals surface area contributed by atoms with Gasteiger partial charge in [0.05, 0.1) is 26.0 Å². The summed E-state index contributed by atoms with van der Waals surface area (Å²) in [5.74, 6) is -1.07. The first kappa shape index (κ1) is 25.5. The Morgan fingerprint density at radius 2 is 1.87 bits per heavy atom. The van der Waals surface area contributed by atoms with Gasteiger partial charge in [-0.1, -0.05) is 30.2 Å². The molecule has 1 fully saturated rings. The van der Waals surface area contributed by atoms with E-state index in [1.807, 2.05) is 6.07 Å². The molecule has 0 heterocycles. The quantitative estimate of drug-likeness (QED) is 0.610. The Labute approximate surface area is 186 Å². The lowest BCUT2D eigenvalue weighted by Crippen LogP contribution is -2.52. The van der Waals surface area contributed by atoms with E-state index in [1.54, 1.807) is 57.4 Å². The number of esters is 1. The van der Waals surface area contributed by atoms with Crippen LogP contribution in [0.3, 0.4) is 0 Å². The molecule has 0 aliphatic heterocycles. The Morgan fingerprint density at radius 1 is 1.23 bits per heavy atom. The average Bonchev–Trinajstić information content (AvgIpc) is 2.72. The highest BCUT2D eigenvalue weighted by atomic mass is 32.2. The van der Waals surface area contributed by atoms with Gasteiger partial charge in [-0.15, -0.1) is 0 Å². The normalized spacial score (nSPS) is 21.8. The maximum atomic E-state index is 13.6. The van der Waals surface area contributed by atoms with E-state index in [4.69, 9.17) is 4.74 Å². The minimum Gasteiger partial charge on any atom is -0.465 e. The smallest absolute Gasteiger partial charge is 0.324 e. The van der Waals surface area contributed by atoms with Crippen molar-refractivity contribution in [3.63, 3.8) is 0 Å². The molecule has 0 radical (unpaired) electrons. The lowest BCUT2D eigenvalue weighted by Gasteiger charge is -2.33. The molecule has 3 atom stereocenters. The second kappa shape index (κ2) is 10.3. The number of nitrogens with one attached hydrogen (secondary N) is 1. The van der Waals surface area contributed by atoms with Gasteiger partial charge in [0.1, 0.15) is 6.04 Å². The molecule has 174 valence electrons.